The summed E-state index contributed by atoms with van der Waals surface area (Å²) in [4.78, 5) is 13.7. The molecule has 1 aromatic heterocycles. The van der Waals surface area contributed by atoms with Gasteiger partial charge in [-0.2, -0.15) is 5.10 Å². The van der Waals surface area contributed by atoms with Gasteiger partial charge in [-0.25, -0.2) is 0 Å². The zero-order chi connectivity index (χ0) is 10.1. The summed E-state index contributed by atoms with van der Waals surface area (Å²) in [7, 11) is 1.76. The zero-order valence-corrected chi connectivity index (χ0v) is 8.23. The smallest absolute Gasteiger partial charge is 0.259 e. The summed E-state index contributed by atoms with van der Waals surface area (Å²) in [6, 6.07) is 0. The van der Waals surface area contributed by atoms with Crippen molar-refractivity contribution in [3.05, 3.63) is 11.8 Å². The van der Waals surface area contributed by atoms with Gasteiger partial charge in [0.05, 0.1) is 0 Å². The fourth-order valence-electron chi connectivity index (χ4n) is 1.76. The Labute approximate surface area is 82.5 Å². The topological polar surface area (TPSA) is 64.2 Å². The van der Waals surface area contributed by atoms with Gasteiger partial charge in [-0.05, 0) is 12.8 Å². The Hall–Kier alpha value is -1.52. The number of hydrogen-bond donors (Lipinski definition) is 1. The van der Waals surface area contributed by atoms with Crippen LogP contribution in [0.1, 0.15) is 23.2 Å². The van der Waals surface area contributed by atoms with Crippen molar-refractivity contribution in [3.63, 3.8) is 0 Å². The number of carbonyl (C=O) groups excluding carboxylic acids is 1. The molecule has 1 saturated heterocycles. The molecule has 2 rings (SSSR count). The number of nitrogen functional groups attached to an aromatic ring is 1. The SMILES string of the molecule is Cn1cc(C(=O)N2CCCC2)c(N)n1. The molecule has 14 heavy (non-hydrogen) atoms. The molecule has 0 spiro atoms. The third-order valence-electron chi connectivity index (χ3n) is 2.48. The molecular weight excluding hydrogens is 180 g/mol. The largest absolute Gasteiger partial charge is 0.382 e. The molecule has 0 radical (unpaired) electrons. The van der Waals surface area contributed by atoms with Crippen molar-refractivity contribution in [1.29, 1.82) is 0 Å². The van der Waals surface area contributed by atoms with E-state index in [0.717, 1.165) is 25.9 Å². The molecule has 1 fully saturated rings. The van der Waals surface area contributed by atoms with Gasteiger partial charge in [-0.1, -0.05) is 0 Å². The van der Waals surface area contributed by atoms with Crippen LogP contribution in [0.5, 0.6) is 0 Å². The van der Waals surface area contributed by atoms with E-state index in [0.29, 0.717) is 11.4 Å². The van der Waals surface area contributed by atoms with Crippen LogP contribution in [0, 0.1) is 0 Å². The number of nitrogens with zero attached hydrogens (tertiary/aromatic N) is 3. The van der Waals surface area contributed by atoms with E-state index in [1.54, 1.807) is 17.9 Å². The normalized spacial score (nSPS) is 16.2. The second-order valence-electron chi connectivity index (χ2n) is 3.60. The molecule has 0 aliphatic carbocycles. The predicted molar refractivity (Wildman–Crippen MR) is 52.8 cm³/mol. The van der Waals surface area contributed by atoms with Crippen LogP contribution in [0.3, 0.4) is 0 Å². The highest BCUT2D eigenvalue weighted by molar-refractivity contribution is 5.98. The molecule has 1 aromatic rings. The van der Waals surface area contributed by atoms with Crippen LogP contribution >= 0.6 is 0 Å². The van der Waals surface area contributed by atoms with Crippen molar-refractivity contribution in [2.45, 2.75) is 12.8 Å². The Morgan fingerprint density at radius 3 is 2.64 bits per heavy atom. The highest BCUT2D eigenvalue weighted by Gasteiger charge is 2.22. The Morgan fingerprint density at radius 2 is 2.14 bits per heavy atom. The minimum atomic E-state index is 0.00750. The number of carbonyl (C=O) groups is 1. The Morgan fingerprint density at radius 1 is 1.50 bits per heavy atom. The van der Waals surface area contributed by atoms with Gasteiger partial charge < -0.3 is 10.6 Å². The van der Waals surface area contributed by atoms with E-state index in [1.807, 2.05) is 4.90 Å². The number of aromatic nitrogens is 2. The third-order valence-corrected chi connectivity index (χ3v) is 2.48. The molecule has 1 aliphatic heterocycles. The van der Waals surface area contributed by atoms with Crippen molar-refractivity contribution in [1.82, 2.24) is 14.7 Å². The number of amides is 1. The summed E-state index contributed by atoms with van der Waals surface area (Å²) < 4.78 is 1.57. The van der Waals surface area contributed by atoms with E-state index >= 15 is 0 Å². The first-order chi connectivity index (χ1) is 6.68. The van der Waals surface area contributed by atoms with Gasteiger partial charge >= 0.3 is 0 Å². The highest BCUT2D eigenvalue weighted by Crippen LogP contribution is 2.16. The first kappa shape index (κ1) is 9.05. The van der Waals surface area contributed by atoms with Gasteiger partial charge in [0.2, 0.25) is 0 Å². The molecule has 0 saturated carbocycles. The van der Waals surface area contributed by atoms with Crippen LogP contribution in [-0.4, -0.2) is 33.7 Å². The van der Waals surface area contributed by atoms with Crippen molar-refractivity contribution >= 4 is 11.7 Å². The molecule has 5 heteroatoms. The van der Waals surface area contributed by atoms with Crippen molar-refractivity contribution in [2.24, 2.45) is 7.05 Å². The number of rotatable bonds is 1. The molecule has 0 unspecified atom stereocenters. The molecule has 0 bridgehead atoms. The van der Waals surface area contributed by atoms with Gasteiger partial charge in [0, 0.05) is 26.3 Å². The first-order valence-electron chi connectivity index (χ1n) is 4.77. The maximum atomic E-state index is 11.9. The van der Waals surface area contributed by atoms with Crippen molar-refractivity contribution in [3.8, 4) is 0 Å². The predicted octanol–water partition coefficient (Wildman–Crippen LogP) is 0.238. The van der Waals surface area contributed by atoms with Crippen molar-refractivity contribution < 1.29 is 4.79 Å². The Kier molecular flexibility index (Phi) is 2.15. The number of anilines is 1. The average Bonchev–Trinajstić information content (AvgIpc) is 2.73. The Bertz CT molecular complexity index is 352. The van der Waals surface area contributed by atoms with E-state index in [-0.39, 0.29) is 5.91 Å². The highest BCUT2D eigenvalue weighted by atomic mass is 16.2. The molecule has 0 aromatic carbocycles. The second-order valence-corrected chi connectivity index (χ2v) is 3.60. The second kappa shape index (κ2) is 3.32. The molecule has 1 aliphatic rings. The maximum Gasteiger partial charge on any atom is 0.259 e. The van der Waals surface area contributed by atoms with E-state index in [4.69, 9.17) is 5.73 Å². The minimum Gasteiger partial charge on any atom is -0.382 e. The lowest BCUT2D eigenvalue weighted by molar-refractivity contribution is 0.0794. The lowest BCUT2D eigenvalue weighted by Gasteiger charge is -2.13. The number of nitrogens with two attached hydrogens (primary N) is 1. The van der Waals surface area contributed by atoms with E-state index < -0.39 is 0 Å². The zero-order valence-electron chi connectivity index (χ0n) is 8.23. The van der Waals surface area contributed by atoms with Crippen LogP contribution < -0.4 is 5.73 Å². The van der Waals surface area contributed by atoms with Crippen LogP contribution in [0.2, 0.25) is 0 Å². The van der Waals surface area contributed by atoms with Gasteiger partial charge in [-0.15, -0.1) is 0 Å². The standard InChI is InChI=1S/C9H14N4O/c1-12-6-7(8(10)11-12)9(14)13-4-2-3-5-13/h6H,2-5H2,1H3,(H2,10,11). The fourth-order valence-corrected chi connectivity index (χ4v) is 1.76. The molecular formula is C9H14N4O. The molecule has 5 nitrogen and oxygen atoms in total. The van der Waals surface area contributed by atoms with Crippen LogP contribution in [0.25, 0.3) is 0 Å². The monoisotopic (exact) mass is 194 g/mol. The van der Waals surface area contributed by atoms with Gasteiger partial charge in [0.25, 0.3) is 5.91 Å². The van der Waals surface area contributed by atoms with Crippen LogP contribution in [0.4, 0.5) is 5.82 Å². The summed E-state index contributed by atoms with van der Waals surface area (Å²) in [6.45, 7) is 1.68. The summed E-state index contributed by atoms with van der Waals surface area (Å²) in [5.41, 5.74) is 6.15. The quantitative estimate of drug-likeness (QED) is 0.696. The summed E-state index contributed by atoms with van der Waals surface area (Å²) in [5, 5.41) is 3.95. The van der Waals surface area contributed by atoms with E-state index in [2.05, 4.69) is 5.10 Å². The molecule has 2 N–H and O–H groups in total. The van der Waals surface area contributed by atoms with E-state index in [1.165, 1.54) is 0 Å². The first-order valence-corrected chi connectivity index (χ1v) is 4.77. The fraction of sp³-hybridized carbons (Fsp3) is 0.556. The van der Waals surface area contributed by atoms with Crippen LogP contribution in [0.15, 0.2) is 6.20 Å². The Balaban J connectivity index is 2.21. The molecule has 1 amide bonds. The molecule has 76 valence electrons. The van der Waals surface area contributed by atoms with Gasteiger partial charge in [0.15, 0.2) is 5.82 Å². The van der Waals surface area contributed by atoms with E-state index in [9.17, 15) is 4.79 Å². The van der Waals surface area contributed by atoms with Crippen molar-refractivity contribution in [2.75, 3.05) is 18.8 Å². The lowest BCUT2D eigenvalue weighted by Crippen LogP contribution is -2.27. The average molecular weight is 194 g/mol. The summed E-state index contributed by atoms with van der Waals surface area (Å²) >= 11 is 0. The summed E-state index contributed by atoms with van der Waals surface area (Å²) in [6.07, 6.45) is 3.85. The molecule has 2 heterocycles. The lowest BCUT2D eigenvalue weighted by atomic mass is 10.3. The molecule has 0 atom stereocenters. The number of likely N-dealkylation sites (tertiary alicyclic amines) is 1. The third kappa shape index (κ3) is 1.45. The number of hydrogen-bond acceptors (Lipinski definition) is 3. The minimum absolute atomic E-state index is 0.00750. The van der Waals surface area contributed by atoms with Crippen LogP contribution in [-0.2, 0) is 7.05 Å². The van der Waals surface area contributed by atoms with Gasteiger partial charge in [0.1, 0.15) is 5.56 Å². The van der Waals surface area contributed by atoms with Gasteiger partial charge in [-0.3, -0.25) is 9.48 Å². The number of aryl methyl sites for hydroxylation is 1. The summed E-state index contributed by atoms with van der Waals surface area (Å²) in [5.74, 6) is 0.331. The maximum absolute atomic E-state index is 11.9.